The summed E-state index contributed by atoms with van der Waals surface area (Å²) in [6, 6.07) is 1.71. The largest absolute Gasteiger partial charge is 0.392 e. The Morgan fingerprint density at radius 1 is 1.62 bits per heavy atom. The fourth-order valence-corrected chi connectivity index (χ4v) is 2.11. The number of aliphatic hydroxyl groups is 2. The lowest BCUT2D eigenvalue weighted by Crippen LogP contribution is -2.27. The van der Waals surface area contributed by atoms with E-state index in [1.165, 1.54) is 4.90 Å². The van der Waals surface area contributed by atoms with Gasteiger partial charge >= 0.3 is 0 Å². The zero-order chi connectivity index (χ0) is 11.7. The van der Waals surface area contributed by atoms with Crippen molar-refractivity contribution in [3.63, 3.8) is 0 Å². The lowest BCUT2D eigenvalue weighted by molar-refractivity contribution is -0.117. The quantitative estimate of drug-likeness (QED) is 0.827. The highest BCUT2D eigenvalue weighted by molar-refractivity contribution is 9.10. The van der Waals surface area contributed by atoms with Crippen LogP contribution >= 0.6 is 15.9 Å². The topological polar surface area (TPSA) is 73.7 Å². The van der Waals surface area contributed by atoms with Gasteiger partial charge in [-0.3, -0.25) is 9.69 Å². The number of carbonyl (C=O) groups is 1. The van der Waals surface area contributed by atoms with E-state index >= 15 is 0 Å². The molecule has 1 aromatic rings. The van der Waals surface area contributed by atoms with Gasteiger partial charge in [0.25, 0.3) is 0 Å². The fraction of sp³-hybridized carbons (Fsp3) is 0.400. The van der Waals surface area contributed by atoms with Gasteiger partial charge in [0.1, 0.15) is 5.82 Å². The molecule has 1 saturated heterocycles. The Bertz CT molecular complexity index is 425. The van der Waals surface area contributed by atoms with Crippen molar-refractivity contribution >= 4 is 27.7 Å². The Hall–Kier alpha value is -0.980. The number of anilines is 1. The van der Waals surface area contributed by atoms with Crippen molar-refractivity contribution in [2.24, 2.45) is 0 Å². The molecule has 1 fully saturated rings. The number of rotatable bonds is 2. The molecule has 1 aliphatic rings. The summed E-state index contributed by atoms with van der Waals surface area (Å²) in [5.74, 6) is 0.254. The van der Waals surface area contributed by atoms with Gasteiger partial charge in [-0.15, -0.1) is 0 Å². The molecule has 1 aliphatic heterocycles. The molecule has 0 aromatic carbocycles. The van der Waals surface area contributed by atoms with E-state index in [0.29, 0.717) is 11.4 Å². The summed E-state index contributed by atoms with van der Waals surface area (Å²) in [5.41, 5.74) is 0.567. The third kappa shape index (κ3) is 2.09. The van der Waals surface area contributed by atoms with Gasteiger partial charge in [0.05, 0.1) is 25.7 Å². The molecule has 0 bridgehead atoms. The molecule has 2 rings (SSSR count). The average Bonchev–Trinajstić information content (AvgIpc) is 2.57. The van der Waals surface area contributed by atoms with Crippen molar-refractivity contribution in [3.05, 3.63) is 22.3 Å². The maximum atomic E-state index is 11.6. The van der Waals surface area contributed by atoms with Crippen LogP contribution < -0.4 is 4.90 Å². The monoisotopic (exact) mass is 286 g/mol. The number of nitrogens with zero attached hydrogens (tertiary/aromatic N) is 2. The van der Waals surface area contributed by atoms with E-state index in [1.807, 2.05) is 0 Å². The SMILES string of the molecule is O=C1CC(O)CN1c1ncc(Br)cc1CO. The zero-order valence-corrected chi connectivity index (χ0v) is 10.0. The summed E-state index contributed by atoms with van der Waals surface area (Å²) >= 11 is 3.25. The molecule has 0 aliphatic carbocycles. The molecule has 0 spiro atoms. The predicted octanol–water partition coefficient (Wildman–Crippen LogP) is 0.434. The Morgan fingerprint density at radius 3 is 2.94 bits per heavy atom. The zero-order valence-electron chi connectivity index (χ0n) is 8.43. The standard InChI is InChI=1S/C10H11BrN2O3/c11-7-1-6(5-14)10(12-3-7)13-4-8(15)2-9(13)16/h1,3,8,14-15H,2,4-5H2. The van der Waals surface area contributed by atoms with E-state index in [1.54, 1.807) is 12.3 Å². The Kier molecular flexibility index (Phi) is 3.22. The van der Waals surface area contributed by atoms with Crippen molar-refractivity contribution in [1.82, 2.24) is 4.98 Å². The third-order valence-corrected chi connectivity index (χ3v) is 2.87. The molecular weight excluding hydrogens is 276 g/mol. The minimum atomic E-state index is -0.649. The summed E-state index contributed by atoms with van der Waals surface area (Å²) in [6.07, 6.45) is 1.03. The van der Waals surface area contributed by atoms with E-state index < -0.39 is 6.10 Å². The van der Waals surface area contributed by atoms with Gasteiger partial charge in [0.15, 0.2) is 0 Å². The van der Waals surface area contributed by atoms with Crippen LogP contribution in [0, 0.1) is 0 Å². The summed E-state index contributed by atoms with van der Waals surface area (Å²) < 4.78 is 0.743. The van der Waals surface area contributed by atoms with Crippen LogP contribution in [0.4, 0.5) is 5.82 Å². The van der Waals surface area contributed by atoms with E-state index in [4.69, 9.17) is 0 Å². The highest BCUT2D eigenvalue weighted by atomic mass is 79.9. The van der Waals surface area contributed by atoms with E-state index in [0.717, 1.165) is 4.47 Å². The van der Waals surface area contributed by atoms with Crippen LogP contribution in [0.2, 0.25) is 0 Å². The Balaban J connectivity index is 2.36. The smallest absolute Gasteiger partial charge is 0.230 e. The number of halogens is 1. The number of carbonyl (C=O) groups excluding carboxylic acids is 1. The van der Waals surface area contributed by atoms with Gasteiger partial charge in [-0.1, -0.05) is 0 Å². The maximum Gasteiger partial charge on any atom is 0.230 e. The minimum Gasteiger partial charge on any atom is -0.392 e. The van der Waals surface area contributed by atoms with Crippen LogP contribution in [0.3, 0.4) is 0 Å². The second-order valence-electron chi connectivity index (χ2n) is 3.66. The van der Waals surface area contributed by atoms with Crippen LogP contribution in [0.5, 0.6) is 0 Å². The van der Waals surface area contributed by atoms with E-state index in [-0.39, 0.29) is 25.5 Å². The summed E-state index contributed by atoms with van der Waals surface area (Å²) in [5, 5.41) is 18.6. The first-order valence-corrected chi connectivity index (χ1v) is 5.65. The summed E-state index contributed by atoms with van der Waals surface area (Å²) in [7, 11) is 0. The van der Waals surface area contributed by atoms with Gasteiger partial charge < -0.3 is 10.2 Å². The number of pyridine rings is 1. The third-order valence-electron chi connectivity index (χ3n) is 2.44. The van der Waals surface area contributed by atoms with Crippen molar-refractivity contribution in [3.8, 4) is 0 Å². The van der Waals surface area contributed by atoms with Crippen molar-refractivity contribution in [1.29, 1.82) is 0 Å². The van der Waals surface area contributed by atoms with Crippen molar-refractivity contribution in [2.45, 2.75) is 19.1 Å². The number of hydrogen-bond acceptors (Lipinski definition) is 4. The number of β-amino-alcohol motifs (C(OH)–C–C–N with tert-alkyl or cyclic N) is 1. The lowest BCUT2D eigenvalue weighted by Gasteiger charge is -2.17. The molecule has 0 saturated carbocycles. The molecule has 86 valence electrons. The second-order valence-corrected chi connectivity index (χ2v) is 4.57. The van der Waals surface area contributed by atoms with E-state index in [2.05, 4.69) is 20.9 Å². The lowest BCUT2D eigenvalue weighted by atomic mass is 10.2. The molecule has 2 heterocycles. The molecule has 16 heavy (non-hydrogen) atoms. The molecule has 6 heteroatoms. The second kappa shape index (κ2) is 4.48. The number of hydrogen-bond donors (Lipinski definition) is 2. The molecular formula is C10H11BrN2O3. The molecule has 1 amide bonds. The first-order valence-electron chi connectivity index (χ1n) is 4.85. The van der Waals surface area contributed by atoms with Crippen LogP contribution in [0.15, 0.2) is 16.7 Å². The Labute approximate surface area is 101 Å². The van der Waals surface area contributed by atoms with Crippen molar-refractivity contribution < 1.29 is 15.0 Å². The Morgan fingerprint density at radius 2 is 2.38 bits per heavy atom. The normalized spacial score (nSPS) is 20.6. The van der Waals surface area contributed by atoms with Gasteiger partial charge in [-0.05, 0) is 22.0 Å². The minimum absolute atomic E-state index is 0.114. The number of aliphatic hydroxyl groups excluding tert-OH is 2. The van der Waals surface area contributed by atoms with Crippen LogP contribution in [0.1, 0.15) is 12.0 Å². The van der Waals surface area contributed by atoms with E-state index in [9.17, 15) is 15.0 Å². The summed E-state index contributed by atoms with van der Waals surface area (Å²) in [6.45, 7) is 0.0438. The molecule has 1 atom stereocenters. The van der Waals surface area contributed by atoms with Gasteiger partial charge in [-0.25, -0.2) is 4.98 Å². The van der Waals surface area contributed by atoms with Crippen LogP contribution in [-0.2, 0) is 11.4 Å². The van der Waals surface area contributed by atoms with Crippen LogP contribution in [0.25, 0.3) is 0 Å². The van der Waals surface area contributed by atoms with Crippen LogP contribution in [-0.4, -0.2) is 33.8 Å². The molecule has 1 aromatic heterocycles. The average molecular weight is 287 g/mol. The highest BCUT2D eigenvalue weighted by Crippen LogP contribution is 2.25. The van der Waals surface area contributed by atoms with Gasteiger partial charge in [0, 0.05) is 16.2 Å². The summed E-state index contributed by atoms with van der Waals surface area (Å²) in [4.78, 5) is 17.1. The highest BCUT2D eigenvalue weighted by Gasteiger charge is 2.31. The molecule has 2 N–H and O–H groups in total. The predicted molar refractivity (Wildman–Crippen MR) is 60.8 cm³/mol. The number of amides is 1. The molecule has 0 radical (unpaired) electrons. The first kappa shape index (κ1) is 11.5. The van der Waals surface area contributed by atoms with Gasteiger partial charge in [-0.2, -0.15) is 0 Å². The van der Waals surface area contributed by atoms with Gasteiger partial charge in [0.2, 0.25) is 5.91 Å². The first-order chi connectivity index (χ1) is 7.61. The number of aromatic nitrogens is 1. The van der Waals surface area contributed by atoms with Crippen molar-refractivity contribution in [2.75, 3.05) is 11.4 Å². The fourth-order valence-electron chi connectivity index (χ4n) is 1.73. The molecule has 1 unspecified atom stereocenters. The molecule has 5 nitrogen and oxygen atoms in total. The maximum absolute atomic E-state index is 11.6.